The van der Waals surface area contributed by atoms with Crippen molar-refractivity contribution in [3.05, 3.63) is 35.9 Å². The second-order valence-corrected chi connectivity index (χ2v) is 10.1. The molecule has 0 saturated heterocycles. The molecule has 0 unspecified atom stereocenters. The molecule has 0 fully saturated rings. The molecular formula is C22H40. The standard InChI is InChI=1S/C14H22.C8H18/c1-13(2,3)11-14(4,5)12-9-7-6-8-10-12;1-7(2)6-8(3,4)5/h6-10H,11H2,1-5H3;7H,6H2,1-5H3. The first-order valence-corrected chi connectivity index (χ1v) is 8.78. The molecule has 0 bridgehead atoms. The fraction of sp³-hybridized carbons (Fsp3) is 0.727. The van der Waals surface area contributed by atoms with Crippen LogP contribution in [0.15, 0.2) is 30.3 Å². The van der Waals surface area contributed by atoms with E-state index in [1.807, 2.05) is 0 Å². The summed E-state index contributed by atoms with van der Waals surface area (Å²) < 4.78 is 0. The predicted molar refractivity (Wildman–Crippen MR) is 102 cm³/mol. The molecule has 22 heavy (non-hydrogen) atoms. The number of hydrogen-bond acceptors (Lipinski definition) is 0. The van der Waals surface area contributed by atoms with Gasteiger partial charge in [-0.3, -0.25) is 0 Å². The molecule has 0 heteroatoms. The minimum atomic E-state index is 0.277. The summed E-state index contributed by atoms with van der Waals surface area (Å²) in [5.74, 6) is 0.843. The van der Waals surface area contributed by atoms with E-state index in [-0.39, 0.29) is 5.41 Å². The van der Waals surface area contributed by atoms with Crippen LogP contribution in [0.5, 0.6) is 0 Å². The summed E-state index contributed by atoms with van der Waals surface area (Å²) in [5.41, 5.74) is 2.63. The zero-order valence-corrected chi connectivity index (χ0v) is 16.9. The maximum atomic E-state index is 2.33. The van der Waals surface area contributed by atoms with Crippen LogP contribution in [0.2, 0.25) is 0 Å². The minimum absolute atomic E-state index is 0.277. The predicted octanol–water partition coefficient (Wildman–Crippen LogP) is 7.48. The molecule has 128 valence electrons. The van der Waals surface area contributed by atoms with Crippen LogP contribution >= 0.6 is 0 Å². The maximum Gasteiger partial charge on any atom is -0.00986 e. The van der Waals surface area contributed by atoms with E-state index in [1.54, 1.807) is 0 Å². The van der Waals surface area contributed by atoms with Gasteiger partial charge in [-0.2, -0.15) is 0 Å². The molecule has 0 heterocycles. The highest BCUT2D eigenvalue weighted by atomic mass is 14.3. The average molecular weight is 305 g/mol. The van der Waals surface area contributed by atoms with Gasteiger partial charge in [0.25, 0.3) is 0 Å². The summed E-state index contributed by atoms with van der Waals surface area (Å²) in [5, 5.41) is 0. The highest BCUT2D eigenvalue weighted by Gasteiger charge is 2.26. The van der Waals surface area contributed by atoms with E-state index >= 15 is 0 Å². The van der Waals surface area contributed by atoms with E-state index in [9.17, 15) is 0 Å². The number of rotatable bonds is 3. The second kappa shape index (κ2) is 8.18. The van der Waals surface area contributed by atoms with Crippen molar-refractivity contribution in [3.8, 4) is 0 Å². The van der Waals surface area contributed by atoms with Gasteiger partial charge in [0.1, 0.15) is 0 Å². The third-order valence-corrected chi connectivity index (χ3v) is 3.55. The van der Waals surface area contributed by atoms with Gasteiger partial charge in [-0.1, -0.05) is 99.6 Å². The summed E-state index contributed by atoms with van der Waals surface area (Å²) in [4.78, 5) is 0. The van der Waals surface area contributed by atoms with Crippen LogP contribution in [0.1, 0.15) is 87.6 Å². The Bertz CT molecular complexity index is 396. The van der Waals surface area contributed by atoms with Gasteiger partial charge in [0.15, 0.2) is 0 Å². The Labute approximate surface area is 140 Å². The average Bonchev–Trinajstić information content (AvgIpc) is 2.24. The fourth-order valence-electron chi connectivity index (χ4n) is 3.54. The highest BCUT2D eigenvalue weighted by molar-refractivity contribution is 5.23. The molecule has 0 atom stereocenters. The Kier molecular flexibility index (Phi) is 7.89. The minimum Gasteiger partial charge on any atom is -0.0628 e. The lowest BCUT2D eigenvalue weighted by Crippen LogP contribution is -2.24. The maximum absolute atomic E-state index is 2.33. The molecule has 0 saturated carbocycles. The van der Waals surface area contributed by atoms with Gasteiger partial charge < -0.3 is 0 Å². The zero-order valence-electron chi connectivity index (χ0n) is 16.9. The first kappa shape index (κ1) is 21.2. The van der Waals surface area contributed by atoms with Gasteiger partial charge in [0.05, 0.1) is 0 Å². The van der Waals surface area contributed by atoms with Crippen LogP contribution in [0, 0.1) is 16.7 Å². The molecule has 0 spiro atoms. The SMILES string of the molecule is CC(C)(C)CC(C)(C)c1ccccc1.CC(C)CC(C)(C)C. The molecule has 0 N–H and O–H groups in total. The monoisotopic (exact) mass is 304 g/mol. The van der Waals surface area contributed by atoms with Crippen molar-refractivity contribution in [1.29, 1.82) is 0 Å². The smallest absolute Gasteiger partial charge is 0.00986 e. The van der Waals surface area contributed by atoms with E-state index in [1.165, 1.54) is 18.4 Å². The number of benzene rings is 1. The van der Waals surface area contributed by atoms with Crippen molar-refractivity contribution in [2.75, 3.05) is 0 Å². The lowest BCUT2D eigenvalue weighted by atomic mass is 9.72. The van der Waals surface area contributed by atoms with Crippen LogP contribution in [0.4, 0.5) is 0 Å². The van der Waals surface area contributed by atoms with Crippen molar-refractivity contribution in [2.45, 2.75) is 87.5 Å². The van der Waals surface area contributed by atoms with Crippen LogP contribution in [-0.4, -0.2) is 0 Å². The van der Waals surface area contributed by atoms with Gasteiger partial charge in [-0.25, -0.2) is 0 Å². The molecule has 0 amide bonds. The molecular weight excluding hydrogens is 264 g/mol. The summed E-state index contributed by atoms with van der Waals surface area (Å²) in [6.07, 6.45) is 2.54. The Balaban J connectivity index is 0.000000472. The first-order valence-electron chi connectivity index (χ1n) is 8.78. The molecule has 1 rings (SSSR count). The topological polar surface area (TPSA) is 0 Å². The third-order valence-electron chi connectivity index (χ3n) is 3.55. The molecule has 0 aliphatic rings. The van der Waals surface area contributed by atoms with Crippen LogP contribution in [-0.2, 0) is 5.41 Å². The fourth-order valence-corrected chi connectivity index (χ4v) is 3.54. The van der Waals surface area contributed by atoms with E-state index in [0.29, 0.717) is 10.8 Å². The first-order chi connectivity index (χ1) is 9.73. The summed E-state index contributed by atoms with van der Waals surface area (Å²) in [6.45, 7) is 23.0. The summed E-state index contributed by atoms with van der Waals surface area (Å²) in [6, 6.07) is 10.8. The van der Waals surface area contributed by atoms with Crippen molar-refractivity contribution in [2.24, 2.45) is 16.7 Å². The van der Waals surface area contributed by atoms with Crippen molar-refractivity contribution in [3.63, 3.8) is 0 Å². The van der Waals surface area contributed by atoms with Gasteiger partial charge >= 0.3 is 0 Å². The van der Waals surface area contributed by atoms with E-state index in [2.05, 4.69) is 99.6 Å². The van der Waals surface area contributed by atoms with Gasteiger partial charge in [0, 0.05) is 0 Å². The Hall–Kier alpha value is -0.780. The number of hydrogen-bond donors (Lipinski definition) is 0. The Morgan fingerprint density at radius 1 is 0.727 bits per heavy atom. The molecule has 0 aliphatic heterocycles. The summed E-state index contributed by atoms with van der Waals surface area (Å²) in [7, 11) is 0. The summed E-state index contributed by atoms with van der Waals surface area (Å²) >= 11 is 0. The molecule has 0 nitrogen and oxygen atoms in total. The molecule has 1 aromatic rings. The molecule has 0 radical (unpaired) electrons. The molecule has 0 aliphatic carbocycles. The molecule has 1 aromatic carbocycles. The quantitative estimate of drug-likeness (QED) is 0.543. The van der Waals surface area contributed by atoms with E-state index < -0.39 is 0 Å². The van der Waals surface area contributed by atoms with Crippen LogP contribution < -0.4 is 0 Å². The third kappa shape index (κ3) is 10.9. The lowest BCUT2D eigenvalue weighted by molar-refractivity contribution is 0.284. The Morgan fingerprint density at radius 2 is 1.18 bits per heavy atom. The zero-order chi connectivity index (χ0) is 17.6. The van der Waals surface area contributed by atoms with Crippen molar-refractivity contribution in [1.82, 2.24) is 0 Å². The van der Waals surface area contributed by atoms with Crippen LogP contribution in [0.3, 0.4) is 0 Å². The van der Waals surface area contributed by atoms with Crippen molar-refractivity contribution < 1.29 is 0 Å². The normalized spacial score (nSPS) is 12.9. The van der Waals surface area contributed by atoms with Gasteiger partial charge in [-0.15, -0.1) is 0 Å². The van der Waals surface area contributed by atoms with Gasteiger partial charge in [-0.05, 0) is 40.6 Å². The van der Waals surface area contributed by atoms with E-state index in [4.69, 9.17) is 0 Å². The highest BCUT2D eigenvalue weighted by Crippen LogP contribution is 2.35. The Morgan fingerprint density at radius 3 is 1.45 bits per heavy atom. The van der Waals surface area contributed by atoms with Crippen LogP contribution in [0.25, 0.3) is 0 Å². The van der Waals surface area contributed by atoms with E-state index in [0.717, 1.165) is 5.92 Å². The second-order valence-electron chi connectivity index (χ2n) is 10.1. The van der Waals surface area contributed by atoms with Crippen molar-refractivity contribution >= 4 is 0 Å². The molecule has 0 aromatic heterocycles. The van der Waals surface area contributed by atoms with Gasteiger partial charge in [0.2, 0.25) is 0 Å². The lowest BCUT2D eigenvalue weighted by Gasteiger charge is -2.32. The largest absolute Gasteiger partial charge is 0.0628 e.